The molecule has 0 fully saturated rings. The van der Waals surface area contributed by atoms with Gasteiger partial charge in [-0.1, -0.05) is 0 Å². The predicted molar refractivity (Wildman–Crippen MR) is 105 cm³/mol. The molecule has 0 amide bonds. The number of methoxy groups -OCH3 is 1. The number of aromatic nitrogens is 4. The van der Waals surface area contributed by atoms with Crippen LogP contribution >= 0.6 is 0 Å². The van der Waals surface area contributed by atoms with Crippen molar-refractivity contribution < 1.29 is 14.4 Å². The minimum Gasteiger partial charge on any atom is -0.496 e. The van der Waals surface area contributed by atoms with Crippen molar-refractivity contribution in [3.63, 3.8) is 0 Å². The zero-order valence-electron chi connectivity index (χ0n) is 15.0. The minimum atomic E-state index is -1.32. The molecule has 3 aromatic heterocycles. The van der Waals surface area contributed by atoms with Gasteiger partial charge in [0.2, 0.25) is 0 Å². The van der Waals surface area contributed by atoms with Crippen molar-refractivity contribution in [2.24, 2.45) is 0 Å². The summed E-state index contributed by atoms with van der Waals surface area (Å²) >= 11 is 0. The number of fused-ring (bicyclic) bond motifs is 1. The first-order valence-corrected chi connectivity index (χ1v) is 9.47. The fraction of sp³-hybridized carbons (Fsp3) is 0.158. The van der Waals surface area contributed by atoms with E-state index in [2.05, 4.69) is 15.0 Å². The zero-order valence-corrected chi connectivity index (χ0v) is 15.8. The summed E-state index contributed by atoms with van der Waals surface area (Å²) in [4.78, 5) is 12.0. The number of nitrogens with zero attached hydrogens (tertiary/aromatic N) is 3. The third-order valence-corrected chi connectivity index (χ3v) is 5.47. The summed E-state index contributed by atoms with van der Waals surface area (Å²) < 4.78 is 20.1. The molecule has 3 N–H and O–H groups in total. The molecule has 4 rings (SSSR count). The Hall–Kier alpha value is -2.97. The molecule has 7 nitrogen and oxygen atoms in total. The molecule has 0 aliphatic heterocycles. The average Bonchev–Trinajstić information content (AvgIpc) is 3.32. The molecule has 140 valence electrons. The molecule has 0 saturated heterocycles. The molecule has 0 radical (unpaired) electrons. The van der Waals surface area contributed by atoms with E-state index in [4.69, 9.17) is 4.74 Å². The van der Waals surface area contributed by atoms with Crippen LogP contribution in [0.3, 0.4) is 0 Å². The third kappa shape index (κ3) is 3.62. The van der Waals surface area contributed by atoms with E-state index in [0.29, 0.717) is 5.16 Å². The maximum absolute atomic E-state index is 12.8. The molecule has 27 heavy (non-hydrogen) atoms. The fourth-order valence-electron chi connectivity index (χ4n) is 2.87. The Morgan fingerprint density at radius 2 is 2.00 bits per heavy atom. The van der Waals surface area contributed by atoms with E-state index in [1.165, 1.54) is 0 Å². The summed E-state index contributed by atoms with van der Waals surface area (Å²) in [5.74, 6) is 1.03. The van der Waals surface area contributed by atoms with Gasteiger partial charge in [0, 0.05) is 29.8 Å². The van der Waals surface area contributed by atoms with Crippen molar-refractivity contribution in [3.8, 4) is 11.4 Å². The Kier molecular flexibility index (Phi) is 5.38. The summed E-state index contributed by atoms with van der Waals surface area (Å²) in [5, 5.41) is 0.452. The van der Waals surface area contributed by atoms with E-state index in [1.807, 2.05) is 54.2 Å². The standard InChI is InChI=1S/C19H18N4O2S.H2O/c1-13-17(20-8-7-18(13)25-2)12-26(24)19-21-15-6-5-14(11-16(15)22-19)23-9-3-4-10-23;/h3-11H,12H2,1-2H3,(H,21,22);1H2. The smallest absolute Gasteiger partial charge is 0.197 e. The number of hydrogen-bond donors (Lipinski definition) is 1. The van der Waals surface area contributed by atoms with Gasteiger partial charge in [0.1, 0.15) is 5.75 Å². The lowest BCUT2D eigenvalue weighted by molar-refractivity contribution is 0.410. The van der Waals surface area contributed by atoms with Gasteiger partial charge >= 0.3 is 0 Å². The Balaban J connectivity index is 0.00000210. The van der Waals surface area contributed by atoms with E-state index in [0.717, 1.165) is 33.7 Å². The van der Waals surface area contributed by atoms with Crippen molar-refractivity contribution in [1.29, 1.82) is 0 Å². The van der Waals surface area contributed by atoms with E-state index >= 15 is 0 Å². The molecule has 4 aromatic rings. The molecule has 1 aromatic carbocycles. The minimum absolute atomic E-state index is 0. The van der Waals surface area contributed by atoms with Gasteiger partial charge in [0.25, 0.3) is 0 Å². The van der Waals surface area contributed by atoms with E-state index in [1.54, 1.807) is 19.4 Å². The van der Waals surface area contributed by atoms with Gasteiger partial charge in [-0.15, -0.1) is 0 Å². The number of hydrogen-bond acceptors (Lipinski definition) is 4. The summed E-state index contributed by atoms with van der Waals surface area (Å²) in [6.45, 7) is 1.92. The highest BCUT2D eigenvalue weighted by Gasteiger charge is 2.15. The topological polar surface area (TPSA) is 104 Å². The average molecular weight is 384 g/mol. The Bertz CT molecular complexity index is 1090. The van der Waals surface area contributed by atoms with Gasteiger partial charge in [0.15, 0.2) is 5.16 Å². The SMILES string of the molecule is COc1ccnc(CS(=O)c2nc3ccc(-n4cccc4)cc3[nH]2)c1C.O. The lowest BCUT2D eigenvalue weighted by Gasteiger charge is -2.08. The van der Waals surface area contributed by atoms with Crippen molar-refractivity contribution in [2.45, 2.75) is 17.8 Å². The monoisotopic (exact) mass is 384 g/mol. The maximum atomic E-state index is 12.8. The van der Waals surface area contributed by atoms with Crippen LogP contribution in [0.4, 0.5) is 0 Å². The van der Waals surface area contributed by atoms with Crippen molar-refractivity contribution in [1.82, 2.24) is 19.5 Å². The van der Waals surface area contributed by atoms with Crippen LogP contribution in [-0.2, 0) is 16.6 Å². The number of imidazole rings is 1. The first kappa shape index (κ1) is 18.8. The van der Waals surface area contributed by atoms with Gasteiger partial charge in [0.05, 0.1) is 40.4 Å². The summed E-state index contributed by atoms with van der Waals surface area (Å²) in [6, 6.07) is 11.7. The lowest BCUT2D eigenvalue weighted by atomic mass is 10.2. The molecular formula is C19H20N4O3S. The summed E-state index contributed by atoms with van der Waals surface area (Å²) in [7, 11) is 0.293. The van der Waals surface area contributed by atoms with Gasteiger partial charge in [-0.25, -0.2) is 4.98 Å². The second-order valence-electron chi connectivity index (χ2n) is 5.91. The molecule has 3 heterocycles. The molecular weight excluding hydrogens is 364 g/mol. The second-order valence-corrected chi connectivity index (χ2v) is 7.27. The van der Waals surface area contributed by atoms with Crippen LogP contribution in [0, 0.1) is 6.92 Å². The number of H-pyrrole nitrogens is 1. The fourth-order valence-corrected chi connectivity index (χ4v) is 3.97. The van der Waals surface area contributed by atoms with E-state index in [9.17, 15) is 4.21 Å². The molecule has 0 spiro atoms. The molecule has 0 aliphatic carbocycles. The number of benzene rings is 1. The molecule has 1 unspecified atom stereocenters. The zero-order chi connectivity index (χ0) is 18.1. The third-order valence-electron chi connectivity index (χ3n) is 4.31. The molecule has 1 atom stereocenters. The number of nitrogens with one attached hydrogen (secondary N) is 1. The normalized spacial score (nSPS) is 11.9. The van der Waals surface area contributed by atoms with Gasteiger partial charge < -0.3 is 19.8 Å². The van der Waals surface area contributed by atoms with Gasteiger partial charge in [-0.3, -0.25) is 9.19 Å². The first-order chi connectivity index (χ1) is 12.7. The highest BCUT2D eigenvalue weighted by molar-refractivity contribution is 7.84. The molecule has 0 aliphatic rings. The van der Waals surface area contributed by atoms with Crippen LogP contribution in [0.15, 0.2) is 60.1 Å². The van der Waals surface area contributed by atoms with E-state index in [-0.39, 0.29) is 11.2 Å². The lowest BCUT2D eigenvalue weighted by Crippen LogP contribution is -2.03. The van der Waals surface area contributed by atoms with E-state index < -0.39 is 10.8 Å². The Morgan fingerprint density at radius 3 is 2.74 bits per heavy atom. The second kappa shape index (κ2) is 7.73. The Labute approximate surface area is 158 Å². The summed E-state index contributed by atoms with van der Waals surface area (Å²) in [6.07, 6.45) is 5.63. The highest BCUT2D eigenvalue weighted by Crippen LogP contribution is 2.22. The van der Waals surface area contributed by atoms with Gasteiger partial charge in [-0.2, -0.15) is 0 Å². The van der Waals surface area contributed by atoms with Crippen LogP contribution in [-0.4, -0.2) is 36.3 Å². The quantitative estimate of drug-likeness (QED) is 0.571. The largest absolute Gasteiger partial charge is 0.496 e. The van der Waals surface area contributed by atoms with Crippen LogP contribution < -0.4 is 4.74 Å². The predicted octanol–water partition coefficient (Wildman–Crippen LogP) is 2.55. The molecule has 0 saturated carbocycles. The maximum Gasteiger partial charge on any atom is 0.197 e. The van der Waals surface area contributed by atoms with Crippen molar-refractivity contribution in [3.05, 3.63) is 66.2 Å². The Morgan fingerprint density at radius 1 is 1.22 bits per heavy atom. The van der Waals surface area contributed by atoms with Crippen LogP contribution in [0.25, 0.3) is 16.7 Å². The van der Waals surface area contributed by atoms with Crippen LogP contribution in [0.5, 0.6) is 5.75 Å². The van der Waals surface area contributed by atoms with Gasteiger partial charge in [-0.05, 0) is 43.3 Å². The van der Waals surface area contributed by atoms with Crippen molar-refractivity contribution in [2.75, 3.05) is 7.11 Å². The van der Waals surface area contributed by atoms with Crippen LogP contribution in [0.1, 0.15) is 11.3 Å². The summed E-state index contributed by atoms with van der Waals surface area (Å²) in [5.41, 5.74) is 4.31. The molecule has 0 bridgehead atoms. The van der Waals surface area contributed by atoms with Crippen molar-refractivity contribution >= 4 is 21.8 Å². The number of pyridine rings is 1. The highest BCUT2D eigenvalue weighted by atomic mass is 32.2. The number of ether oxygens (including phenoxy) is 1. The number of aromatic amines is 1. The molecule has 8 heteroatoms. The van der Waals surface area contributed by atoms with Crippen LogP contribution in [0.2, 0.25) is 0 Å². The first-order valence-electron chi connectivity index (χ1n) is 8.15. The number of rotatable bonds is 5.